The Bertz CT molecular complexity index is 1240. The van der Waals surface area contributed by atoms with E-state index in [-0.39, 0.29) is 43.8 Å². The fourth-order valence-electron chi connectivity index (χ4n) is 3.70. The van der Waals surface area contributed by atoms with Gasteiger partial charge in [0.05, 0.1) is 12.3 Å². The summed E-state index contributed by atoms with van der Waals surface area (Å²) in [5.74, 6) is -1.59. The number of carbonyl (C=O) groups excluding carboxylic acids is 2. The number of hydrogen-bond acceptors (Lipinski definition) is 6. The monoisotopic (exact) mass is 481 g/mol. The molecule has 35 heavy (non-hydrogen) atoms. The second kappa shape index (κ2) is 12.0. The van der Waals surface area contributed by atoms with E-state index in [9.17, 15) is 18.8 Å². The maximum absolute atomic E-state index is 13.6. The van der Waals surface area contributed by atoms with Gasteiger partial charge >= 0.3 is 11.9 Å². The Kier molecular flexibility index (Phi) is 8.78. The molecule has 0 fully saturated rings. The number of rotatable bonds is 10. The van der Waals surface area contributed by atoms with Gasteiger partial charge in [0.25, 0.3) is 5.88 Å². The van der Waals surface area contributed by atoms with Crippen LogP contribution >= 0.6 is 0 Å². The predicted molar refractivity (Wildman–Crippen MR) is 129 cm³/mol. The molecule has 0 aliphatic heterocycles. The molecule has 0 saturated carbocycles. The third kappa shape index (κ3) is 6.56. The van der Waals surface area contributed by atoms with Gasteiger partial charge in [-0.1, -0.05) is 30.3 Å². The number of benzene rings is 2. The molecule has 3 aromatic rings. The first-order valence-electron chi connectivity index (χ1n) is 11.4. The Morgan fingerprint density at radius 2 is 1.71 bits per heavy atom. The van der Waals surface area contributed by atoms with Gasteiger partial charge in [0.2, 0.25) is 11.2 Å². The Morgan fingerprint density at radius 1 is 1.03 bits per heavy atom. The van der Waals surface area contributed by atoms with Crippen molar-refractivity contribution in [3.05, 3.63) is 81.8 Å². The van der Waals surface area contributed by atoms with E-state index in [2.05, 4.69) is 0 Å². The number of esters is 2. The number of ether oxygens (including phenoxy) is 3. The van der Waals surface area contributed by atoms with Gasteiger partial charge in [-0.25, -0.2) is 4.39 Å². The SMILES string of the molecule is CCOC(=O)CCCn1c(OC(C)=O)c(OCc2ccccc2)c(=O)c(C)c1-c1ccc(F)cc1. The molecule has 184 valence electrons. The molecule has 0 bridgehead atoms. The van der Waals surface area contributed by atoms with Crippen molar-refractivity contribution in [2.45, 2.75) is 46.8 Å². The second-order valence-corrected chi connectivity index (χ2v) is 7.87. The highest BCUT2D eigenvalue weighted by Gasteiger charge is 2.25. The van der Waals surface area contributed by atoms with Crippen LogP contribution in [0.25, 0.3) is 11.3 Å². The molecule has 0 radical (unpaired) electrons. The first kappa shape index (κ1) is 25.7. The summed E-state index contributed by atoms with van der Waals surface area (Å²) in [4.78, 5) is 37.3. The Labute approximate surface area is 203 Å². The van der Waals surface area contributed by atoms with E-state index in [1.165, 1.54) is 19.1 Å². The minimum absolute atomic E-state index is 0.0628. The lowest BCUT2D eigenvalue weighted by Crippen LogP contribution is -2.23. The summed E-state index contributed by atoms with van der Waals surface area (Å²) in [6, 6.07) is 14.9. The highest BCUT2D eigenvalue weighted by atomic mass is 19.1. The van der Waals surface area contributed by atoms with Crippen LogP contribution in [0.3, 0.4) is 0 Å². The number of pyridine rings is 1. The van der Waals surface area contributed by atoms with Crippen LogP contribution in [-0.4, -0.2) is 23.1 Å². The first-order chi connectivity index (χ1) is 16.8. The number of hydrogen-bond donors (Lipinski definition) is 0. The van der Waals surface area contributed by atoms with Gasteiger partial charge in [-0.15, -0.1) is 0 Å². The van der Waals surface area contributed by atoms with Gasteiger partial charge in [0.15, 0.2) is 0 Å². The van der Waals surface area contributed by atoms with Crippen molar-refractivity contribution in [1.29, 1.82) is 0 Å². The summed E-state index contributed by atoms with van der Waals surface area (Å²) in [7, 11) is 0. The van der Waals surface area contributed by atoms with Gasteiger partial charge in [0.1, 0.15) is 12.4 Å². The fourth-order valence-corrected chi connectivity index (χ4v) is 3.70. The molecule has 0 spiro atoms. The molecule has 1 heterocycles. The normalized spacial score (nSPS) is 10.6. The molecule has 0 aliphatic carbocycles. The average molecular weight is 482 g/mol. The Hall–Kier alpha value is -3.94. The van der Waals surface area contributed by atoms with E-state index in [0.29, 0.717) is 23.2 Å². The van der Waals surface area contributed by atoms with Gasteiger partial charge in [-0.3, -0.25) is 14.4 Å². The molecule has 3 rings (SSSR count). The van der Waals surface area contributed by atoms with Crippen LogP contribution in [0.1, 0.15) is 37.8 Å². The lowest BCUT2D eigenvalue weighted by molar-refractivity contribution is -0.143. The van der Waals surface area contributed by atoms with Crippen LogP contribution in [0.4, 0.5) is 4.39 Å². The molecule has 7 nitrogen and oxygen atoms in total. The van der Waals surface area contributed by atoms with E-state index < -0.39 is 17.2 Å². The number of nitrogens with zero attached hydrogens (tertiary/aromatic N) is 1. The maximum atomic E-state index is 13.6. The van der Waals surface area contributed by atoms with Gasteiger partial charge in [-0.2, -0.15) is 0 Å². The van der Waals surface area contributed by atoms with Crippen LogP contribution in [0.2, 0.25) is 0 Å². The molecule has 0 atom stereocenters. The summed E-state index contributed by atoms with van der Waals surface area (Å²) in [6.07, 6.45) is 0.476. The van der Waals surface area contributed by atoms with Crippen molar-refractivity contribution < 1.29 is 28.2 Å². The van der Waals surface area contributed by atoms with Crippen LogP contribution in [0.5, 0.6) is 11.6 Å². The summed E-state index contributed by atoms with van der Waals surface area (Å²) < 4.78 is 31.6. The maximum Gasteiger partial charge on any atom is 0.309 e. The van der Waals surface area contributed by atoms with E-state index >= 15 is 0 Å². The number of halogens is 1. The van der Waals surface area contributed by atoms with Crippen LogP contribution in [0.15, 0.2) is 59.4 Å². The largest absolute Gasteiger partial charge is 0.480 e. The molecule has 1 aromatic heterocycles. The van der Waals surface area contributed by atoms with Crippen molar-refractivity contribution in [1.82, 2.24) is 4.57 Å². The average Bonchev–Trinajstić information content (AvgIpc) is 2.83. The van der Waals surface area contributed by atoms with Crippen molar-refractivity contribution in [3.63, 3.8) is 0 Å². The second-order valence-electron chi connectivity index (χ2n) is 7.87. The smallest absolute Gasteiger partial charge is 0.309 e. The molecular formula is C27H28FNO6. The summed E-state index contributed by atoms with van der Waals surface area (Å²) in [5, 5.41) is 0. The standard InChI is InChI=1S/C27H28FNO6/c1-4-33-23(31)11-8-16-29-24(21-12-14-22(28)15-13-21)18(2)25(32)26(27(29)35-19(3)30)34-17-20-9-6-5-7-10-20/h5-7,9-10,12-15H,4,8,11,16-17H2,1-3H3. The zero-order chi connectivity index (χ0) is 25.4. The third-order valence-corrected chi connectivity index (χ3v) is 5.26. The molecule has 2 aromatic carbocycles. The van der Waals surface area contributed by atoms with Crippen LogP contribution < -0.4 is 14.9 Å². The van der Waals surface area contributed by atoms with Gasteiger partial charge < -0.3 is 18.8 Å². The topological polar surface area (TPSA) is 83.8 Å². The molecule has 0 N–H and O–H groups in total. The van der Waals surface area contributed by atoms with Gasteiger partial charge in [0, 0.05) is 25.5 Å². The summed E-state index contributed by atoms with van der Waals surface area (Å²) >= 11 is 0. The Balaban J connectivity index is 2.13. The van der Waals surface area contributed by atoms with Crippen molar-refractivity contribution in [3.8, 4) is 22.9 Å². The van der Waals surface area contributed by atoms with Gasteiger partial charge in [-0.05, 0) is 55.7 Å². The molecule has 0 aliphatic rings. The Morgan fingerprint density at radius 3 is 2.34 bits per heavy atom. The van der Waals surface area contributed by atoms with E-state index in [0.717, 1.165) is 5.56 Å². The molecule has 0 saturated heterocycles. The number of aromatic nitrogens is 1. The minimum Gasteiger partial charge on any atom is -0.480 e. The zero-order valence-corrected chi connectivity index (χ0v) is 20.0. The fraction of sp³-hybridized carbons (Fsp3) is 0.296. The minimum atomic E-state index is -0.637. The highest BCUT2D eigenvalue weighted by Crippen LogP contribution is 2.34. The van der Waals surface area contributed by atoms with Crippen molar-refractivity contribution in [2.24, 2.45) is 0 Å². The van der Waals surface area contributed by atoms with Crippen LogP contribution in [0, 0.1) is 12.7 Å². The molecule has 8 heteroatoms. The summed E-state index contributed by atoms with van der Waals surface area (Å²) in [5.41, 5.74) is 1.72. The molecule has 0 amide bonds. The highest BCUT2D eigenvalue weighted by molar-refractivity contribution is 5.72. The predicted octanol–water partition coefficient (Wildman–Crippen LogP) is 4.81. The van der Waals surface area contributed by atoms with E-state index in [1.807, 2.05) is 30.3 Å². The quantitative estimate of drug-likeness (QED) is 0.387. The first-order valence-corrected chi connectivity index (χ1v) is 11.4. The zero-order valence-electron chi connectivity index (χ0n) is 20.0. The van der Waals surface area contributed by atoms with E-state index in [4.69, 9.17) is 14.2 Å². The number of carbonyl (C=O) groups is 2. The molecule has 0 unspecified atom stereocenters. The van der Waals surface area contributed by atoms with E-state index in [1.54, 1.807) is 30.5 Å². The van der Waals surface area contributed by atoms with Crippen molar-refractivity contribution in [2.75, 3.05) is 6.61 Å². The lowest BCUT2D eigenvalue weighted by atomic mass is 10.0. The summed E-state index contributed by atoms with van der Waals surface area (Å²) in [6.45, 7) is 5.17. The van der Waals surface area contributed by atoms with Crippen LogP contribution in [-0.2, 0) is 27.5 Å². The third-order valence-electron chi connectivity index (χ3n) is 5.26. The van der Waals surface area contributed by atoms with Crippen molar-refractivity contribution >= 4 is 11.9 Å². The molecular weight excluding hydrogens is 453 g/mol. The lowest BCUT2D eigenvalue weighted by Gasteiger charge is -2.23.